The Morgan fingerprint density at radius 1 is 1.65 bits per heavy atom. The van der Waals surface area contributed by atoms with Gasteiger partial charge in [0.2, 0.25) is 0 Å². The monoisotopic (exact) mass is 251 g/mol. The number of hydrogen-bond acceptors (Lipinski definition) is 4. The van der Waals surface area contributed by atoms with Gasteiger partial charge >= 0.3 is 5.97 Å². The van der Waals surface area contributed by atoms with Crippen LogP contribution in [0.4, 0.5) is 0 Å². The number of fused-ring (bicyclic) bond motifs is 1. The van der Waals surface area contributed by atoms with Crippen molar-refractivity contribution in [3.8, 4) is 0 Å². The highest BCUT2D eigenvalue weighted by atomic mass is 32.1. The van der Waals surface area contributed by atoms with Crippen LogP contribution in [0.25, 0.3) is 4.96 Å². The molecule has 0 amide bonds. The van der Waals surface area contributed by atoms with E-state index in [1.165, 1.54) is 0 Å². The molecule has 2 aromatic rings. The van der Waals surface area contributed by atoms with Gasteiger partial charge < -0.3 is 10.4 Å². The summed E-state index contributed by atoms with van der Waals surface area (Å²) in [5.74, 6) is -0.752. The summed E-state index contributed by atoms with van der Waals surface area (Å²) in [5.41, 5.74) is 1.03. The van der Waals surface area contributed by atoms with Gasteiger partial charge in [-0.25, -0.2) is 4.98 Å². The molecule has 1 fully saturated rings. The molecule has 2 unspecified atom stereocenters. The first-order valence-electron chi connectivity index (χ1n) is 5.62. The molecule has 0 spiro atoms. The number of carbonyl (C=O) groups is 1. The summed E-state index contributed by atoms with van der Waals surface area (Å²) in [6.45, 7) is 0. The number of carboxylic acid groups (broad SMARTS) is 1. The molecule has 3 rings (SSSR count). The largest absolute Gasteiger partial charge is 0.480 e. The predicted molar refractivity (Wildman–Crippen MR) is 64.4 cm³/mol. The first-order chi connectivity index (χ1) is 8.22. The third-order valence-electron chi connectivity index (χ3n) is 3.14. The van der Waals surface area contributed by atoms with Gasteiger partial charge in [0.05, 0.1) is 5.69 Å². The van der Waals surface area contributed by atoms with Gasteiger partial charge in [-0.15, -0.1) is 11.3 Å². The molecule has 1 saturated heterocycles. The molecule has 0 radical (unpaired) electrons. The molecule has 1 aliphatic rings. The Bertz CT molecular complexity index is 519. The summed E-state index contributed by atoms with van der Waals surface area (Å²) in [6.07, 6.45) is 6.42. The van der Waals surface area contributed by atoms with Crippen LogP contribution in [0.3, 0.4) is 0 Å². The first kappa shape index (κ1) is 10.7. The molecule has 90 valence electrons. The van der Waals surface area contributed by atoms with E-state index in [2.05, 4.69) is 10.3 Å². The van der Waals surface area contributed by atoms with Crippen molar-refractivity contribution in [2.24, 2.45) is 0 Å². The maximum absolute atomic E-state index is 10.8. The second kappa shape index (κ2) is 4.12. The normalized spacial score (nSPS) is 24.5. The number of rotatable bonds is 3. The highest BCUT2D eigenvalue weighted by molar-refractivity contribution is 7.15. The summed E-state index contributed by atoms with van der Waals surface area (Å²) in [7, 11) is 0. The highest BCUT2D eigenvalue weighted by Gasteiger charge is 2.29. The van der Waals surface area contributed by atoms with Crippen molar-refractivity contribution in [1.29, 1.82) is 0 Å². The van der Waals surface area contributed by atoms with Crippen LogP contribution in [0.1, 0.15) is 18.5 Å². The maximum atomic E-state index is 10.8. The zero-order chi connectivity index (χ0) is 11.8. The lowest BCUT2D eigenvalue weighted by atomic mass is 10.1. The quantitative estimate of drug-likeness (QED) is 0.858. The van der Waals surface area contributed by atoms with E-state index < -0.39 is 5.97 Å². The lowest BCUT2D eigenvalue weighted by molar-refractivity contribution is -0.139. The van der Waals surface area contributed by atoms with Crippen LogP contribution in [-0.4, -0.2) is 32.5 Å². The lowest BCUT2D eigenvalue weighted by Gasteiger charge is -2.09. The van der Waals surface area contributed by atoms with E-state index in [1.807, 2.05) is 22.2 Å². The van der Waals surface area contributed by atoms with Crippen molar-refractivity contribution < 1.29 is 9.90 Å². The van der Waals surface area contributed by atoms with Crippen molar-refractivity contribution in [1.82, 2.24) is 14.7 Å². The molecule has 6 heteroatoms. The van der Waals surface area contributed by atoms with E-state index in [4.69, 9.17) is 5.11 Å². The summed E-state index contributed by atoms with van der Waals surface area (Å²) in [5, 5.41) is 14.0. The van der Waals surface area contributed by atoms with Gasteiger partial charge in [-0.05, 0) is 12.8 Å². The summed E-state index contributed by atoms with van der Waals surface area (Å²) in [4.78, 5) is 16.3. The predicted octanol–water partition coefficient (Wildman–Crippen LogP) is 1.14. The van der Waals surface area contributed by atoms with Crippen LogP contribution >= 0.6 is 11.3 Å². The summed E-state index contributed by atoms with van der Waals surface area (Å²) >= 11 is 1.61. The minimum Gasteiger partial charge on any atom is -0.480 e. The van der Waals surface area contributed by atoms with Crippen molar-refractivity contribution in [3.05, 3.63) is 23.5 Å². The van der Waals surface area contributed by atoms with E-state index >= 15 is 0 Å². The molecule has 0 aromatic carbocycles. The average molecular weight is 251 g/mol. The van der Waals surface area contributed by atoms with Crippen molar-refractivity contribution >= 4 is 22.3 Å². The number of thiazole rings is 1. The molecule has 5 nitrogen and oxygen atoms in total. The average Bonchev–Trinajstić information content (AvgIpc) is 2.91. The maximum Gasteiger partial charge on any atom is 0.320 e. The Labute approximate surface area is 102 Å². The first-order valence-corrected chi connectivity index (χ1v) is 6.50. The van der Waals surface area contributed by atoms with E-state index in [9.17, 15) is 4.79 Å². The van der Waals surface area contributed by atoms with Crippen LogP contribution in [0.15, 0.2) is 17.8 Å². The van der Waals surface area contributed by atoms with Crippen LogP contribution in [-0.2, 0) is 11.2 Å². The van der Waals surface area contributed by atoms with Crippen LogP contribution in [0, 0.1) is 0 Å². The lowest BCUT2D eigenvalue weighted by Crippen LogP contribution is -2.36. The Balaban J connectivity index is 1.68. The van der Waals surface area contributed by atoms with Crippen LogP contribution < -0.4 is 5.32 Å². The molecule has 1 aliphatic heterocycles. The van der Waals surface area contributed by atoms with E-state index in [1.54, 1.807) is 11.3 Å². The van der Waals surface area contributed by atoms with Gasteiger partial charge in [0.15, 0.2) is 4.96 Å². The molecule has 2 N–H and O–H groups in total. The van der Waals surface area contributed by atoms with E-state index in [0.717, 1.165) is 23.5 Å². The Morgan fingerprint density at radius 3 is 3.24 bits per heavy atom. The number of imidazole rings is 1. The minimum atomic E-state index is -0.752. The number of nitrogens with zero attached hydrogens (tertiary/aromatic N) is 2. The number of nitrogens with one attached hydrogen (secondary N) is 1. The number of carboxylic acids is 1. The van der Waals surface area contributed by atoms with Crippen LogP contribution in [0.2, 0.25) is 0 Å². The van der Waals surface area contributed by atoms with Gasteiger partial charge in [0.25, 0.3) is 0 Å². The molecule has 2 aromatic heterocycles. The zero-order valence-electron chi connectivity index (χ0n) is 9.17. The van der Waals surface area contributed by atoms with Crippen molar-refractivity contribution in [2.75, 3.05) is 0 Å². The second-order valence-electron chi connectivity index (χ2n) is 4.36. The van der Waals surface area contributed by atoms with Gasteiger partial charge in [-0.2, -0.15) is 0 Å². The third-order valence-corrected chi connectivity index (χ3v) is 3.91. The fourth-order valence-electron chi connectivity index (χ4n) is 2.30. The topological polar surface area (TPSA) is 66.6 Å². The molecule has 17 heavy (non-hydrogen) atoms. The van der Waals surface area contributed by atoms with Crippen molar-refractivity contribution in [2.45, 2.75) is 31.3 Å². The van der Waals surface area contributed by atoms with Crippen LogP contribution in [0.5, 0.6) is 0 Å². The molecule has 2 atom stereocenters. The van der Waals surface area contributed by atoms with Gasteiger partial charge in [0, 0.05) is 30.2 Å². The van der Waals surface area contributed by atoms with E-state index in [0.29, 0.717) is 6.42 Å². The number of hydrogen-bond donors (Lipinski definition) is 2. The number of aromatic nitrogens is 2. The molecular weight excluding hydrogens is 238 g/mol. The van der Waals surface area contributed by atoms with Crippen molar-refractivity contribution in [3.63, 3.8) is 0 Å². The van der Waals surface area contributed by atoms with Gasteiger partial charge in [0.1, 0.15) is 6.04 Å². The Hall–Kier alpha value is -1.40. The highest BCUT2D eigenvalue weighted by Crippen LogP contribution is 2.18. The molecule has 0 aliphatic carbocycles. The Kier molecular flexibility index (Phi) is 2.60. The zero-order valence-corrected chi connectivity index (χ0v) is 9.98. The fourth-order valence-corrected chi connectivity index (χ4v) is 3.02. The minimum absolute atomic E-state index is 0.237. The van der Waals surface area contributed by atoms with Gasteiger partial charge in [-0.1, -0.05) is 0 Å². The van der Waals surface area contributed by atoms with Gasteiger partial charge in [-0.3, -0.25) is 9.20 Å². The molecule has 0 bridgehead atoms. The fraction of sp³-hybridized carbons (Fsp3) is 0.455. The summed E-state index contributed by atoms with van der Waals surface area (Å²) < 4.78 is 2.00. The molecule has 3 heterocycles. The standard InChI is InChI=1S/C11H13N3O2S/c15-10(16)9-2-1-7(12-9)5-8-6-14-3-4-17-11(14)13-8/h3-4,6-7,9,12H,1-2,5H2,(H,15,16). The summed E-state index contributed by atoms with van der Waals surface area (Å²) in [6, 6.07) is -0.149. The second-order valence-corrected chi connectivity index (χ2v) is 5.23. The molecular formula is C11H13N3O2S. The smallest absolute Gasteiger partial charge is 0.320 e. The SMILES string of the molecule is O=C(O)C1CCC(Cc2cn3ccsc3n2)N1. The third kappa shape index (κ3) is 2.05. The Morgan fingerprint density at radius 2 is 2.53 bits per heavy atom. The van der Waals surface area contributed by atoms with E-state index in [-0.39, 0.29) is 12.1 Å². The number of aliphatic carboxylic acids is 1. The molecule has 0 saturated carbocycles.